The lowest BCUT2D eigenvalue weighted by Gasteiger charge is -2.22. The lowest BCUT2D eigenvalue weighted by atomic mass is 9.75. The van der Waals surface area contributed by atoms with Gasteiger partial charge in [-0.1, -0.05) is 32.2 Å². The third kappa shape index (κ3) is 3.77. The largest absolute Gasteiger partial charge is 0.481 e. The molecule has 4 rings (SSSR count). The van der Waals surface area contributed by atoms with Crippen LogP contribution in [0.3, 0.4) is 0 Å². The van der Waals surface area contributed by atoms with Crippen LogP contribution in [0.1, 0.15) is 49.3 Å². The van der Waals surface area contributed by atoms with Crippen LogP contribution in [0.25, 0.3) is 5.65 Å². The molecule has 6 nitrogen and oxygen atoms in total. The molecule has 0 aromatic carbocycles. The van der Waals surface area contributed by atoms with Crippen molar-refractivity contribution >= 4 is 24.2 Å². The van der Waals surface area contributed by atoms with Crippen molar-refractivity contribution in [3.05, 3.63) is 41.9 Å². The molecular formula is C20H25BN5O. The SMILES string of the molecule is C[B]c1cnn2c(NCc3ccc(OC)nc3)cc(C3CCCCC3)nc12. The molecule has 1 saturated carbocycles. The van der Waals surface area contributed by atoms with E-state index in [4.69, 9.17) is 9.72 Å². The van der Waals surface area contributed by atoms with E-state index < -0.39 is 0 Å². The van der Waals surface area contributed by atoms with E-state index in [-0.39, 0.29) is 0 Å². The molecule has 3 aromatic rings. The Morgan fingerprint density at radius 3 is 2.78 bits per heavy atom. The first kappa shape index (κ1) is 17.8. The van der Waals surface area contributed by atoms with Crippen LogP contribution < -0.4 is 15.5 Å². The van der Waals surface area contributed by atoms with Crippen LogP contribution in [0.2, 0.25) is 6.82 Å². The van der Waals surface area contributed by atoms with Gasteiger partial charge in [0.15, 0.2) is 12.9 Å². The van der Waals surface area contributed by atoms with Gasteiger partial charge in [0.2, 0.25) is 5.88 Å². The Bertz CT molecular complexity index is 903. The molecule has 0 spiro atoms. The number of pyridine rings is 1. The highest BCUT2D eigenvalue weighted by molar-refractivity contribution is 6.54. The predicted molar refractivity (Wildman–Crippen MR) is 108 cm³/mol. The number of aromatic nitrogens is 4. The normalized spacial score (nSPS) is 15.0. The first-order valence-corrected chi connectivity index (χ1v) is 9.69. The number of hydrogen-bond donors (Lipinski definition) is 1. The van der Waals surface area contributed by atoms with Gasteiger partial charge in [-0.15, -0.1) is 0 Å². The van der Waals surface area contributed by atoms with Crippen molar-refractivity contribution in [3.63, 3.8) is 0 Å². The Labute approximate surface area is 160 Å². The molecule has 0 atom stereocenters. The summed E-state index contributed by atoms with van der Waals surface area (Å²) in [5, 5.41) is 8.06. The van der Waals surface area contributed by atoms with Crippen molar-refractivity contribution in [2.45, 2.75) is 51.4 Å². The topological polar surface area (TPSA) is 64.3 Å². The Morgan fingerprint density at radius 2 is 2.07 bits per heavy atom. The lowest BCUT2D eigenvalue weighted by Crippen LogP contribution is -2.16. The second-order valence-corrected chi connectivity index (χ2v) is 7.09. The van der Waals surface area contributed by atoms with Gasteiger partial charge in [0.1, 0.15) is 5.82 Å². The van der Waals surface area contributed by atoms with Gasteiger partial charge in [-0.25, -0.2) is 9.97 Å². The number of rotatable bonds is 6. The number of methoxy groups -OCH3 is 1. The molecule has 1 aliphatic carbocycles. The third-order valence-corrected chi connectivity index (χ3v) is 5.33. The Balaban J connectivity index is 1.63. The number of anilines is 1. The van der Waals surface area contributed by atoms with Crippen LogP contribution in [0, 0.1) is 0 Å². The van der Waals surface area contributed by atoms with E-state index >= 15 is 0 Å². The summed E-state index contributed by atoms with van der Waals surface area (Å²) in [6.07, 6.45) is 10.1. The minimum atomic E-state index is 0.548. The van der Waals surface area contributed by atoms with Gasteiger partial charge >= 0.3 is 0 Å². The molecule has 0 aliphatic heterocycles. The Hall–Kier alpha value is -2.57. The van der Waals surface area contributed by atoms with E-state index in [1.54, 1.807) is 7.11 Å². The molecule has 3 heterocycles. The maximum Gasteiger partial charge on any atom is 0.212 e. The lowest BCUT2D eigenvalue weighted by molar-refractivity contribution is 0.397. The minimum Gasteiger partial charge on any atom is -0.481 e. The van der Waals surface area contributed by atoms with Gasteiger partial charge in [0.05, 0.1) is 7.11 Å². The number of nitrogens with zero attached hydrogens (tertiary/aromatic N) is 4. The van der Waals surface area contributed by atoms with Crippen molar-refractivity contribution in [2.24, 2.45) is 0 Å². The minimum absolute atomic E-state index is 0.548. The van der Waals surface area contributed by atoms with Gasteiger partial charge in [-0.2, -0.15) is 9.61 Å². The van der Waals surface area contributed by atoms with Crippen LogP contribution in [0.5, 0.6) is 5.88 Å². The maximum atomic E-state index is 5.13. The summed E-state index contributed by atoms with van der Waals surface area (Å²) in [6, 6.07) is 6.07. The van der Waals surface area contributed by atoms with Gasteiger partial charge in [0, 0.05) is 42.7 Å². The number of ether oxygens (including phenoxy) is 1. The van der Waals surface area contributed by atoms with Gasteiger partial charge in [-0.05, 0) is 23.9 Å². The number of nitrogens with one attached hydrogen (secondary N) is 1. The summed E-state index contributed by atoms with van der Waals surface area (Å²) in [6.45, 7) is 2.70. The second kappa shape index (κ2) is 7.98. The maximum absolute atomic E-state index is 5.13. The molecule has 1 N–H and O–H groups in total. The molecule has 0 bridgehead atoms. The highest BCUT2D eigenvalue weighted by Gasteiger charge is 2.20. The molecular weight excluding hydrogens is 337 g/mol. The van der Waals surface area contributed by atoms with E-state index in [2.05, 4.69) is 28.7 Å². The van der Waals surface area contributed by atoms with Crippen molar-refractivity contribution < 1.29 is 4.74 Å². The summed E-state index contributed by atoms with van der Waals surface area (Å²) in [4.78, 5) is 9.25. The molecule has 0 unspecified atom stereocenters. The first-order chi connectivity index (χ1) is 13.3. The number of fused-ring (bicyclic) bond motifs is 1. The average Bonchev–Trinajstić information content (AvgIpc) is 3.16. The van der Waals surface area contributed by atoms with E-state index in [1.165, 1.54) is 37.8 Å². The van der Waals surface area contributed by atoms with Gasteiger partial charge in [-0.3, -0.25) is 0 Å². The van der Waals surface area contributed by atoms with Crippen LogP contribution in [0.15, 0.2) is 30.6 Å². The zero-order chi connectivity index (χ0) is 18.6. The fourth-order valence-corrected chi connectivity index (χ4v) is 3.76. The fourth-order valence-electron chi connectivity index (χ4n) is 3.76. The highest BCUT2D eigenvalue weighted by atomic mass is 16.5. The molecule has 7 heteroatoms. The molecule has 1 aliphatic rings. The highest BCUT2D eigenvalue weighted by Crippen LogP contribution is 2.32. The molecule has 1 fully saturated rings. The Morgan fingerprint density at radius 1 is 1.22 bits per heavy atom. The molecule has 27 heavy (non-hydrogen) atoms. The van der Waals surface area contributed by atoms with E-state index in [1.807, 2.05) is 35.9 Å². The van der Waals surface area contributed by atoms with E-state index in [0.717, 1.165) is 22.5 Å². The first-order valence-electron chi connectivity index (χ1n) is 9.69. The van der Waals surface area contributed by atoms with E-state index in [9.17, 15) is 0 Å². The van der Waals surface area contributed by atoms with Crippen LogP contribution in [-0.4, -0.2) is 34.0 Å². The van der Waals surface area contributed by atoms with Gasteiger partial charge < -0.3 is 10.1 Å². The smallest absolute Gasteiger partial charge is 0.212 e. The monoisotopic (exact) mass is 362 g/mol. The Kier molecular flexibility index (Phi) is 5.27. The zero-order valence-corrected chi connectivity index (χ0v) is 16.0. The molecule has 139 valence electrons. The van der Waals surface area contributed by atoms with Crippen molar-refractivity contribution in [2.75, 3.05) is 12.4 Å². The second-order valence-electron chi connectivity index (χ2n) is 7.09. The average molecular weight is 362 g/mol. The summed E-state index contributed by atoms with van der Waals surface area (Å²) in [7, 11) is 3.69. The standard InChI is InChI=1S/C20H25BN5O/c1-21-16-13-24-26-18(22-11-14-8-9-19(27-2)23-12-14)10-17(25-20(16)26)15-6-4-3-5-7-15/h8-10,12-13,15,22H,3-7,11H2,1-2H3. The van der Waals surface area contributed by atoms with Gasteiger partial charge in [0.25, 0.3) is 0 Å². The van der Waals surface area contributed by atoms with Crippen molar-refractivity contribution in [1.82, 2.24) is 19.6 Å². The van der Waals surface area contributed by atoms with Crippen LogP contribution in [-0.2, 0) is 6.54 Å². The van der Waals surface area contributed by atoms with Crippen LogP contribution >= 0.6 is 0 Å². The summed E-state index contributed by atoms with van der Waals surface area (Å²) >= 11 is 0. The zero-order valence-electron chi connectivity index (χ0n) is 16.0. The predicted octanol–water partition coefficient (Wildman–Crippen LogP) is 3.17. The molecule has 0 amide bonds. The van der Waals surface area contributed by atoms with Crippen molar-refractivity contribution in [1.29, 1.82) is 0 Å². The molecule has 0 saturated heterocycles. The van der Waals surface area contributed by atoms with E-state index in [0.29, 0.717) is 18.3 Å². The quantitative estimate of drug-likeness (QED) is 0.683. The molecule has 1 radical (unpaired) electrons. The van der Waals surface area contributed by atoms with Crippen molar-refractivity contribution in [3.8, 4) is 5.88 Å². The summed E-state index contributed by atoms with van der Waals surface area (Å²) in [5.41, 5.74) is 4.27. The number of hydrogen-bond acceptors (Lipinski definition) is 5. The van der Waals surface area contributed by atoms with Crippen LogP contribution in [0.4, 0.5) is 5.82 Å². The summed E-state index contributed by atoms with van der Waals surface area (Å²) in [5.74, 6) is 2.15. The third-order valence-electron chi connectivity index (χ3n) is 5.33. The molecule has 3 aromatic heterocycles. The fraction of sp³-hybridized carbons (Fsp3) is 0.450. The summed E-state index contributed by atoms with van der Waals surface area (Å²) < 4.78 is 7.03.